The first-order valence-electron chi connectivity index (χ1n) is 24.0. The Labute approximate surface area is 419 Å². The fraction of sp³-hybridized carbons (Fsp3) is 0.382. The standard InChI is InChI=1S/C55H62N6O7S2/c1-34-21-42-46(58(5)30-40-25-37-13-8-10-15-44(37)60(40)53(42)64)28-48(34)67-32-35-22-36(24-39(23-35)57-52(63)18-19-55(2,3)70-69-20-12-17-51(62)56-4)33-68-50-29-47-43(27-49(50)66-7)54(65)61-41(31-59(47)6)26-38-14-9-11-16-45(38)61/h8-11,13-16,21-24,27-29,40-41H,12,17-20,25-26,30-33H2,1-7H3,(H,56,62)(H,57,63)/t40-,41-/m0/s1. The number of benzene rings is 5. The first-order valence-corrected chi connectivity index (χ1v) is 26.3. The van der Waals surface area contributed by atoms with Crippen molar-refractivity contribution >= 4 is 73.7 Å². The summed E-state index contributed by atoms with van der Waals surface area (Å²) in [5.74, 6) is 2.30. The third-order valence-electron chi connectivity index (χ3n) is 13.7. The van der Waals surface area contributed by atoms with Crippen LogP contribution >= 0.6 is 21.6 Å². The molecule has 0 saturated carbocycles. The van der Waals surface area contributed by atoms with Crippen molar-refractivity contribution in [1.82, 2.24) is 5.32 Å². The van der Waals surface area contributed by atoms with Crippen LogP contribution in [0.15, 0.2) is 91.0 Å². The van der Waals surface area contributed by atoms with Gasteiger partial charge < -0.3 is 44.4 Å². The molecule has 0 fully saturated rings. The lowest BCUT2D eigenvalue weighted by Crippen LogP contribution is -2.41. The van der Waals surface area contributed by atoms with Gasteiger partial charge in [-0.1, -0.05) is 58.0 Å². The molecule has 0 aliphatic carbocycles. The number of likely N-dealkylation sites (N-methyl/N-ethyl adjacent to an activating group) is 2. The van der Waals surface area contributed by atoms with Crippen molar-refractivity contribution < 1.29 is 33.4 Å². The summed E-state index contributed by atoms with van der Waals surface area (Å²) in [5, 5.41) is 5.83. The van der Waals surface area contributed by atoms with Gasteiger partial charge in [-0.05, 0) is 117 Å². The summed E-state index contributed by atoms with van der Waals surface area (Å²) in [5.41, 5.74) is 10.1. The maximum atomic E-state index is 14.3. The summed E-state index contributed by atoms with van der Waals surface area (Å²) in [4.78, 5) is 61.9. The molecule has 2 N–H and O–H groups in total. The molecule has 2 atom stereocenters. The Kier molecular flexibility index (Phi) is 14.3. The van der Waals surface area contributed by atoms with Crippen molar-refractivity contribution in [2.24, 2.45) is 0 Å². The van der Waals surface area contributed by atoms with Crippen molar-refractivity contribution in [2.75, 3.05) is 72.0 Å². The van der Waals surface area contributed by atoms with Crippen LogP contribution < -0.4 is 44.4 Å². The topological polar surface area (TPSA) is 133 Å². The normalized spacial score (nSPS) is 16.8. The zero-order valence-electron chi connectivity index (χ0n) is 41.1. The molecule has 4 aliphatic rings. The Morgan fingerprint density at radius 3 is 1.84 bits per heavy atom. The number of carbonyl (C=O) groups is 4. The summed E-state index contributed by atoms with van der Waals surface area (Å²) < 4.78 is 18.9. The van der Waals surface area contributed by atoms with Crippen LogP contribution in [0, 0.1) is 6.92 Å². The molecule has 13 nitrogen and oxygen atoms in total. The van der Waals surface area contributed by atoms with Gasteiger partial charge in [-0.25, -0.2) is 0 Å². The van der Waals surface area contributed by atoms with Crippen LogP contribution in [0.5, 0.6) is 17.2 Å². The molecule has 9 rings (SSSR count). The molecular weight excluding hydrogens is 921 g/mol. The van der Waals surface area contributed by atoms with Crippen LogP contribution in [0.2, 0.25) is 0 Å². The van der Waals surface area contributed by atoms with Crippen LogP contribution in [0.1, 0.15) is 88.1 Å². The second-order valence-corrected chi connectivity index (χ2v) is 22.5. The lowest BCUT2D eigenvalue weighted by atomic mass is 10.1. The number of anilines is 5. The molecule has 4 aliphatic heterocycles. The Balaban J connectivity index is 0.942. The van der Waals surface area contributed by atoms with Crippen molar-refractivity contribution in [3.05, 3.63) is 130 Å². The van der Waals surface area contributed by atoms with E-state index in [1.165, 1.54) is 11.1 Å². The van der Waals surface area contributed by atoms with Gasteiger partial charge in [-0.3, -0.25) is 19.2 Å². The molecule has 0 aromatic heterocycles. The van der Waals surface area contributed by atoms with Gasteiger partial charge in [0.25, 0.3) is 11.8 Å². The smallest absolute Gasteiger partial charge is 0.260 e. The molecule has 0 spiro atoms. The summed E-state index contributed by atoms with van der Waals surface area (Å²) in [6, 6.07) is 29.7. The van der Waals surface area contributed by atoms with Gasteiger partial charge in [-0.2, -0.15) is 0 Å². The largest absolute Gasteiger partial charge is 0.493 e. The van der Waals surface area contributed by atoms with Gasteiger partial charge in [-0.15, -0.1) is 0 Å². The van der Waals surface area contributed by atoms with E-state index in [1.54, 1.807) is 41.8 Å². The first-order chi connectivity index (χ1) is 33.7. The molecule has 0 radical (unpaired) electrons. The number of hydrogen-bond acceptors (Lipinski definition) is 11. The number of nitrogens with zero attached hydrogens (tertiary/aromatic N) is 4. The number of amides is 4. The first kappa shape index (κ1) is 48.7. The zero-order chi connectivity index (χ0) is 49.3. The highest BCUT2D eigenvalue weighted by atomic mass is 33.1. The number of hydrogen-bond donors (Lipinski definition) is 2. The van der Waals surface area contributed by atoms with Crippen LogP contribution in [0.25, 0.3) is 0 Å². The van der Waals surface area contributed by atoms with Crippen molar-refractivity contribution in [3.8, 4) is 17.2 Å². The maximum absolute atomic E-state index is 14.3. The van der Waals surface area contributed by atoms with Crippen molar-refractivity contribution in [1.29, 1.82) is 0 Å². The SMILES string of the molecule is CNC(=O)CCCSSC(C)(C)CCC(=O)Nc1cc(COc2cc3c(cc2C)C(=O)N2c4ccccc4C[C@H]2CN3C)cc(COc2cc3c(cc2OC)C(=O)N2c4ccccc4C[C@H]2CN3C)c1. The van der Waals surface area contributed by atoms with Gasteiger partial charge in [0.2, 0.25) is 11.8 Å². The molecular formula is C55H62N6O7S2. The summed E-state index contributed by atoms with van der Waals surface area (Å²) >= 11 is 0. The predicted molar refractivity (Wildman–Crippen MR) is 283 cm³/mol. The quantitative estimate of drug-likeness (QED) is 0.0682. The highest BCUT2D eigenvalue weighted by Gasteiger charge is 2.41. The van der Waals surface area contributed by atoms with E-state index in [0.717, 1.165) is 64.5 Å². The third-order valence-corrected chi connectivity index (χ3v) is 17.1. The molecule has 0 bridgehead atoms. The Hall–Kier alpha value is -6.32. The molecule has 366 valence electrons. The minimum Gasteiger partial charge on any atom is -0.493 e. The summed E-state index contributed by atoms with van der Waals surface area (Å²) in [6.45, 7) is 7.90. The number of fused-ring (bicyclic) bond motifs is 8. The van der Waals surface area contributed by atoms with Crippen LogP contribution in [-0.4, -0.2) is 87.6 Å². The minimum absolute atomic E-state index is 0.000156. The van der Waals surface area contributed by atoms with E-state index >= 15 is 0 Å². The lowest BCUT2D eigenvalue weighted by Gasteiger charge is -2.25. The van der Waals surface area contributed by atoms with E-state index in [4.69, 9.17) is 14.2 Å². The fourth-order valence-electron chi connectivity index (χ4n) is 10.1. The van der Waals surface area contributed by atoms with Gasteiger partial charge in [0.05, 0.1) is 41.7 Å². The van der Waals surface area contributed by atoms with Gasteiger partial charge in [0.15, 0.2) is 11.5 Å². The molecule has 0 unspecified atom stereocenters. The highest BCUT2D eigenvalue weighted by Crippen LogP contribution is 2.44. The molecule has 0 saturated heterocycles. The molecule has 70 heavy (non-hydrogen) atoms. The van der Waals surface area contributed by atoms with Gasteiger partial charge >= 0.3 is 0 Å². The number of ether oxygens (including phenoxy) is 3. The van der Waals surface area contributed by atoms with Crippen LogP contribution in [0.3, 0.4) is 0 Å². The minimum atomic E-state index is -0.166. The number of rotatable bonds is 17. The molecule has 4 amide bonds. The zero-order valence-corrected chi connectivity index (χ0v) is 42.7. The molecule has 5 aromatic carbocycles. The van der Waals surface area contributed by atoms with E-state index in [2.05, 4.69) is 46.4 Å². The second-order valence-electron chi connectivity index (χ2n) is 19.3. The Morgan fingerprint density at radius 1 is 0.700 bits per heavy atom. The van der Waals surface area contributed by atoms with Crippen molar-refractivity contribution in [2.45, 2.75) is 89.3 Å². The highest BCUT2D eigenvalue weighted by molar-refractivity contribution is 8.77. The molecule has 5 aromatic rings. The molecule has 15 heteroatoms. The van der Waals surface area contributed by atoms with E-state index in [9.17, 15) is 19.2 Å². The van der Waals surface area contributed by atoms with Crippen LogP contribution in [-0.2, 0) is 35.6 Å². The van der Waals surface area contributed by atoms with Gasteiger partial charge in [0.1, 0.15) is 19.0 Å². The van der Waals surface area contributed by atoms with E-state index in [0.29, 0.717) is 66.4 Å². The second kappa shape index (κ2) is 20.6. The average Bonchev–Trinajstić information content (AvgIpc) is 3.85. The summed E-state index contributed by atoms with van der Waals surface area (Å²) in [6.07, 6.45) is 3.86. The van der Waals surface area contributed by atoms with E-state index in [1.807, 2.05) is 104 Å². The predicted octanol–water partition coefficient (Wildman–Crippen LogP) is 9.61. The fourth-order valence-corrected chi connectivity index (χ4v) is 12.8. The third kappa shape index (κ3) is 10.3. The number of carbonyl (C=O) groups excluding carboxylic acids is 4. The van der Waals surface area contributed by atoms with Crippen molar-refractivity contribution in [3.63, 3.8) is 0 Å². The summed E-state index contributed by atoms with van der Waals surface area (Å²) in [7, 11) is 10.7. The average molecular weight is 983 g/mol. The van der Waals surface area contributed by atoms with Gasteiger partial charge in [0, 0.05) is 86.8 Å². The molecule has 4 heterocycles. The number of nitrogens with one attached hydrogen (secondary N) is 2. The monoisotopic (exact) mass is 982 g/mol. The lowest BCUT2D eigenvalue weighted by molar-refractivity contribution is -0.120. The number of methoxy groups -OCH3 is 1. The Bertz CT molecular complexity index is 2840. The van der Waals surface area contributed by atoms with Crippen LogP contribution in [0.4, 0.5) is 28.4 Å². The van der Waals surface area contributed by atoms with E-state index in [-0.39, 0.29) is 53.7 Å². The maximum Gasteiger partial charge on any atom is 0.260 e. The Morgan fingerprint density at radius 2 is 1.26 bits per heavy atom. The number of para-hydroxylation sites is 2. The number of aryl methyl sites for hydroxylation is 1. The van der Waals surface area contributed by atoms with E-state index < -0.39 is 0 Å².